The fourth-order valence-electron chi connectivity index (χ4n) is 4.03. The lowest BCUT2D eigenvalue weighted by Gasteiger charge is -2.04. The van der Waals surface area contributed by atoms with Gasteiger partial charge in [-0.2, -0.15) is 0 Å². The van der Waals surface area contributed by atoms with E-state index in [9.17, 15) is 4.79 Å². The summed E-state index contributed by atoms with van der Waals surface area (Å²) in [6.45, 7) is 3.08. The summed E-state index contributed by atoms with van der Waals surface area (Å²) in [7, 11) is 0. The molecule has 5 rings (SSSR count). The van der Waals surface area contributed by atoms with Gasteiger partial charge in [0.05, 0.1) is 5.69 Å². The van der Waals surface area contributed by atoms with E-state index in [1.165, 1.54) is 21.8 Å². The van der Waals surface area contributed by atoms with E-state index in [4.69, 9.17) is 0 Å². The molecule has 0 radical (unpaired) electrons. The molecular weight excluding hydrogens is 480 g/mol. The SMILES string of the molecule is CCn1c2ccccc2c2cc(C=C3C(=O)Nc4c(Br)cc(Br)cc43)ccc21. The summed E-state index contributed by atoms with van der Waals surface area (Å²) in [6.07, 6.45) is 1.97. The number of rotatable bonds is 2. The third-order valence-corrected chi connectivity index (χ3v) is 6.34. The van der Waals surface area contributed by atoms with Gasteiger partial charge in [-0.3, -0.25) is 4.79 Å². The van der Waals surface area contributed by atoms with Crippen molar-refractivity contribution in [1.29, 1.82) is 0 Å². The average Bonchev–Trinajstić information content (AvgIpc) is 3.17. The quantitative estimate of drug-likeness (QED) is 0.304. The summed E-state index contributed by atoms with van der Waals surface area (Å²) in [5.41, 5.74) is 5.87. The zero-order valence-corrected chi connectivity index (χ0v) is 18.3. The molecule has 0 saturated carbocycles. The Morgan fingerprint density at radius 2 is 1.79 bits per heavy atom. The van der Waals surface area contributed by atoms with Crippen LogP contribution in [0.2, 0.25) is 0 Å². The molecule has 5 heteroatoms. The molecule has 2 heterocycles. The van der Waals surface area contributed by atoms with Crippen LogP contribution in [-0.2, 0) is 11.3 Å². The van der Waals surface area contributed by atoms with Crippen molar-refractivity contribution in [3.63, 3.8) is 0 Å². The van der Waals surface area contributed by atoms with Gasteiger partial charge in [0.25, 0.3) is 5.91 Å². The molecule has 4 aromatic rings. The predicted molar refractivity (Wildman–Crippen MR) is 123 cm³/mol. The van der Waals surface area contributed by atoms with Crippen LogP contribution in [0.15, 0.2) is 63.5 Å². The molecule has 0 unspecified atom stereocenters. The Hall–Kier alpha value is -2.37. The van der Waals surface area contributed by atoms with Crippen LogP contribution in [0.1, 0.15) is 18.1 Å². The maximum Gasteiger partial charge on any atom is 0.256 e. The summed E-state index contributed by atoms with van der Waals surface area (Å²) in [5, 5.41) is 5.41. The highest BCUT2D eigenvalue weighted by Crippen LogP contribution is 2.41. The number of benzene rings is 3. The number of para-hydroxylation sites is 1. The van der Waals surface area contributed by atoms with Gasteiger partial charge >= 0.3 is 0 Å². The third kappa shape index (κ3) is 2.65. The van der Waals surface area contributed by atoms with Crippen LogP contribution >= 0.6 is 31.9 Å². The number of nitrogens with one attached hydrogen (secondary N) is 1. The minimum atomic E-state index is -0.0788. The molecule has 3 nitrogen and oxygen atoms in total. The van der Waals surface area contributed by atoms with Crippen LogP contribution in [0.3, 0.4) is 0 Å². The number of aryl methyl sites for hydroxylation is 1. The number of carbonyl (C=O) groups excluding carboxylic acids is 1. The Morgan fingerprint density at radius 1 is 1.00 bits per heavy atom. The van der Waals surface area contributed by atoms with Crippen molar-refractivity contribution in [1.82, 2.24) is 4.57 Å². The van der Waals surface area contributed by atoms with E-state index in [0.29, 0.717) is 5.57 Å². The first-order valence-corrected chi connectivity index (χ1v) is 10.7. The average molecular weight is 496 g/mol. The standard InChI is InChI=1S/C23H16Br2N2O/c1-2-27-20-6-4-3-5-15(20)16-9-13(7-8-21(16)27)10-18-17-11-14(24)12-19(25)22(17)26-23(18)28/h3-12H,2H2,1H3,(H,26,28). The van der Waals surface area contributed by atoms with Gasteiger partial charge in [-0.15, -0.1) is 0 Å². The summed E-state index contributed by atoms with van der Waals surface area (Å²) in [6, 6.07) is 18.8. The highest BCUT2D eigenvalue weighted by atomic mass is 79.9. The van der Waals surface area contributed by atoms with Crippen molar-refractivity contribution in [2.45, 2.75) is 13.5 Å². The van der Waals surface area contributed by atoms with E-state index in [1.807, 2.05) is 18.2 Å². The molecule has 1 aliphatic rings. The van der Waals surface area contributed by atoms with Crippen molar-refractivity contribution in [3.8, 4) is 0 Å². The molecule has 0 saturated heterocycles. The van der Waals surface area contributed by atoms with Crippen LogP contribution in [0, 0.1) is 0 Å². The fraction of sp³-hybridized carbons (Fsp3) is 0.0870. The number of aromatic nitrogens is 1. The molecule has 3 aromatic carbocycles. The lowest BCUT2D eigenvalue weighted by molar-refractivity contribution is -0.110. The number of fused-ring (bicyclic) bond motifs is 4. The Morgan fingerprint density at radius 3 is 2.61 bits per heavy atom. The van der Waals surface area contributed by atoms with Crippen LogP contribution in [-0.4, -0.2) is 10.5 Å². The summed E-state index contributed by atoms with van der Waals surface area (Å²) < 4.78 is 4.13. The van der Waals surface area contributed by atoms with Gasteiger partial charge in [-0.1, -0.05) is 40.2 Å². The van der Waals surface area contributed by atoms with Crippen molar-refractivity contribution in [2.24, 2.45) is 0 Å². The molecule has 0 bridgehead atoms. The maximum absolute atomic E-state index is 12.6. The first kappa shape index (κ1) is 17.7. The molecule has 0 spiro atoms. The van der Waals surface area contributed by atoms with E-state index >= 15 is 0 Å². The van der Waals surface area contributed by atoms with E-state index in [1.54, 1.807) is 0 Å². The van der Waals surface area contributed by atoms with Gasteiger partial charge in [-0.25, -0.2) is 0 Å². The number of hydrogen-bond donors (Lipinski definition) is 1. The number of carbonyl (C=O) groups is 1. The molecule has 0 fully saturated rings. The van der Waals surface area contributed by atoms with Crippen LogP contribution < -0.4 is 5.32 Å². The normalized spacial score (nSPS) is 14.8. The maximum atomic E-state index is 12.6. The van der Waals surface area contributed by atoms with Gasteiger partial charge in [0, 0.05) is 48.4 Å². The van der Waals surface area contributed by atoms with Crippen molar-refractivity contribution in [3.05, 3.63) is 74.7 Å². The third-order valence-electron chi connectivity index (χ3n) is 5.25. The predicted octanol–water partition coefficient (Wildman–Crippen LogP) is 6.83. The van der Waals surface area contributed by atoms with Gasteiger partial charge in [-0.05, 0) is 64.8 Å². The van der Waals surface area contributed by atoms with Crippen molar-refractivity contribution in [2.75, 3.05) is 5.32 Å². The molecule has 0 atom stereocenters. The molecule has 1 amide bonds. The highest BCUT2D eigenvalue weighted by molar-refractivity contribution is 9.11. The van der Waals surface area contributed by atoms with Gasteiger partial charge < -0.3 is 9.88 Å². The highest BCUT2D eigenvalue weighted by Gasteiger charge is 2.26. The van der Waals surface area contributed by atoms with Gasteiger partial charge in [0.15, 0.2) is 0 Å². The largest absolute Gasteiger partial charge is 0.341 e. The molecule has 28 heavy (non-hydrogen) atoms. The Labute approximate surface area is 179 Å². The minimum absolute atomic E-state index is 0.0788. The minimum Gasteiger partial charge on any atom is -0.341 e. The van der Waals surface area contributed by atoms with E-state index in [2.05, 4.69) is 91.1 Å². The fourth-order valence-corrected chi connectivity index (χ4v) is 5.35. The topological polar surface area (TPSA) is 34.0 Å². The summed E-state index contributed by atoms with van der Waals surface area (Å²) in [4.78, 5) is 12.6. The first-order valence-electron chi connectivity index (χ1n) is 9.10. The molecule has 138 valence electrons. The summed E-state index contributed by atoms with van der Waals surface area (Å²) in [5.74, 6) is -0.0788. The monoisotopic (exact) mass is 494 g/mol. The second-order valence-corrected chi connectivity index (χ2v) is 8.63. The lowest BCUT2D eigenvalue weighted by atomic mass is 10.0. The molecular formula is C23H16Br2N2O. The van der Waals surface area contributed by atoms with Crippen LogP contribution in [0.5, 0.6) is 0 Å². The van der Waals surface area contributed by atoms with Gasteiger partial charge in [0.1, 0.15) is 0 Å². The number of hydrogen-bond acceptors (Lipinski definition) is 1. The number of halogens is 2. The zero-order valence-electron chi connectivity index (χ0n) is 15.1. The summed E-state index contributed by atoms with van der Waals surface area (Å²) >= 11 is 7.05. The van der Waals surface area contributed by atoms with Crippen molar-refractivity contribution >= 4 is 76.9 Å². The van der Waals surface area contributed by atoms with Crippen LogP contribution in [0.4, 0.5) is 5.69 Å². The number of anilines is 1. The lowest BCUT2D eigenvalue weighted by Crippen LogP contribution is -2.03. The second kappa shape index (κ2) is 6.61. The number of nitrogens with zero attached hydrogens (tertiary/aromatic N) is 1. The first-order chi connectivity index (χ1) is 13.6. The van der Waals surface area contributed by atoms with E-state index in [-0.39, 0.29) is 5.91 Å². The van der Waals surface area contributed by atoms with E-state index in [0.717, 1.165) is 32.3 Å². The Balaban J connectivity index is 1.72. The Bertz CT molecular complexity index is 1320. The smallest absolute Gasteiger partial charge is 0.256 e. The molecule has 1 N–H and O–H groups in total. The van der Waals surface area contributed by atoms with Gasteiger partial charge in [0.2, 0.25) is 0 Å². The number of amides is 1. The second-order valence-electron chi connectivity index (χ2n) is 6.86. The molecule has 0 aliphatic carbocycles. The van der Waals surface area contributed by atoms with Crippen molar-refractivity contribution < 1.29 is 4.79 Å². The Kier molecular flexibility index (Phi) is 4.18. The molecule has 1 aliphatic heterocycles. The molecule has 1 aromatic heterocycles. The zero-order chi connectivity index (χ0) is 19.4. The van der Waals surface area contributed by atoms with E-state index < -0.39 is 0 Å². The van der Waals surface area contributed by atoms with Crippen LogP contribution in [0.25, 0.3) is 33.5 Å².